The highest BCUT2D eigenvalue weighted by Crippen LogP contribution is 2.10. The van der Waals surface area contributed by atoms with Crippen molar-refractivity contribution in [2.24, 2.45) is 0 Å². The van der Waals surface area contributed by atoms with Crippen molar-refractivity contribution in [1.29, 1.82) is 0 Å². The first-order valence-corrected chi connectivity index (χ1v) is 5.69. The number of anilines is 1. The van der Waals surface area contributed by atoms with Crippen LogP contribution in [0.5, 0.6) is 0 Å². The highest BCUT2D eigenvalue weighted by molar-refractivity contribution is 5.75. The van der Waals surface area contributed by atoms with Gasteiger partial charge in [0.25, 0.3) is 0 Å². The van der Waals surface area contributed by atoms with Crippen molar-refractivity contribution in [3.63, 3.8) is 0 Å². The van der Waals surface area contributed by atoms with Crippen LogP contribution in [0.2, 0.25) is 0 Å². The van der Waals surface area contributed by atoms with Gasteiger partial charge in [-0.25, -0.2) is 4.68 Å². The third kappa shape index (κ3) is 2.71. The first-order valence-electron chi connectivity index (χ1n) is 5.69. The first-order chi connectivity index (χ1) is 7.75. The fourth-order valence-electron chi connectivity index (χ4n) is 1.95. The van der Waals surface area contributed by atoms with E-state index < -0.39 is 0 Å². The Morgan fingerprint density at radius 2 is 2.00 bits per heavy atom. The Kier molecular flexibility index (Phi) is 3.38. The highest BCUT2D eigenvalue weighted by Gasteiger charge is 2.16. The van der Waals surface area contributed by atoms with E-state index in [2.05, 4.69) is 10.3 Å². The van der Waals surface area contributed by atoms with E-state index >= 15 is 0 Å². The minimum atomic E-state index is 0.104. The van der Waals surface area contributed by atoms with E-state index in [-0.39, 0.29) is 12.5 Å². The van der Waals surface area contributed by atoms with Gasteiger partial charge < -0.3 is 10.6 Å². The van der Waals surface area contributed by atoms with E-state index in [9.17, 15) is 4.79 Å². The number of rotatable bonds is 2. The van der Waals surface area contributed by atoms with E-state index in [4.69, 9.17) is 5.73 Å². The summed E-state index contributed by atoms with van der Waals surface area (Å²) in [4.78, 5) is 13.8. The van der Waals surface area contributed by atoms with Crippen LogP contribution in [0.3, 0.4) is 0 Å². The summed E-state index contributed by atoms with van der Waals surface area (Å²) in [7, 11) is 0. The molecule has 0 saturated carbocycles. The number of hydrogen-bond acceptors (Lipinski definition) is 4. The van der Waals surface area contributed by atoms with Gasteiger partial charge >= 0.3 is 0 Å². The van der Waals surface area contributed by atoms with Gasteiger partial charge in [0.05, 0.1) is 6.20 Å². The molecule has 0 atom stereocenters. The Bertz CT molecular complexity index is 354. The predicted molar refractivity (Wildman–Crippen MR) is 59.5 cm³/mol. The van der Waals surface area contributed by atoms with Crippen LogP contribution < -0.4 is 5.73 Å². The molecule has 0 unspecified atom stereocenters. The molecular weight excluding hydrogens is 206 g/mol. The van der Waals surface area contributed by atoms with Crippen molar-refractivity contribution in [2.75, 3.05) is 18.8 Å². The maximum absolute atomic E-state index is 11.9. The van der Waals surface area contributed by atoms with Gasteiger partial charge in [0, 0.05) is 13.1 Å². The minimum absolute atomic E-state index is 0.104. The first kappa shape index (κ1) is 10.9. The molecule has 0 radical (unpaired) electrons. The maximum atomic E-state index is 11.9. The quantitative estimate of drug-likeness (QED) is 0.780. The number of nitrogen functional groups attached to an aromatic ring is 1. The lowest BCUT2D eigenvalue weighted by atomic mass is 10.2. The second kappa shape index (κ2) is 4.96. The molecule has 0 aliphatic carbocycles. The molecule has 1 aromatic rings. The molecule has 0 spiro atoms. The molecule has 0 bridgehead atoms. The number of hydrogen-bond donors (Lipinski definition) is 1. The fourth-order valence-corrected chi connectivity index (χ4v) is 1.95. The zero-order chi connectivity index (χ0) is 11.4. The van der Waals surface area contributed by atoms with Crippen LogP contribution in [0, 0.1) is 0 Å². The molecule has 16 heavy (non-hydrogen) atoms. The summed E-state index contributed by atoms with van der Waals surface area (Å²) in [6.45, 7) is 1.97. The summed E-state index contributed by atoms with van der Waals surface area (Å²) in [5.74, 6) is 0.454. The third-order valence-electron chi connectivity index (χ3n) is 2.81. The van der Waals surface area contributed by atoms with Crippen LogP contribution >= 0.6 is 0 Å². The summed E-state index contributed by atoms with van der Waals surface area (Å²) >= 11 is 0. The van der Waals surface area contributed by atoms with Crippen LogP contribution in [-0.2, 0) is 11.3 Å². The lowest BCUT2D eigenvalue weighted by Crippen LogP contribution is -2.34. The second-order valence-corrected chi connectivity index (χ2v) is 4.14. The zero-order valence-corrected chi connectivity index (χ0v) is 9.30. The third-order valence-corrected chi connectivity index (χ3v) is 2.81. The predicted octanol–water partition coefficient (Wildman–Crippen LogP) is 0.263. The average molecular weight is 223 g/mol. The summed E-state index contributed by atoms with van der Waals surface area (Å²) in [5.41, 5.74) is 5.44. The number of likely N-dealkylation sites (tertiary alicyclic amines) is 1. The lowest BCUT2D eigenvalue weighted by Gasteiger charge is -2.19. The molecule has 0 aromatic carbocycles. The van der Waals surface area contributed by atoms with Gasteiger partial charge in [-0.05, 0) is 12.8 Å². The standard InChI is InChI=1S/C10H17N5O/c11-9-7-15(13-12-9)8-10(16)14-5-3-1-2-4-6-14/h7H,1-6,8,11H2. The average Bonchev–Trinajstić information content (AvgIpc) is 2.56. The Morgan fingerprint density at radius 1 is 1.31 bits per heavy atom. The Labute approximate surface area is 94.4 Å². The number of aromatic nitrogens is 3. The van der Waals surface area contributed by atoms with Crippen molar-refractivity contribution in [2.45, 2.75) is 32.2 Å². The zero-order valence-electron chi connectivity index (χ0n) is 9.30. The molecule has 1 amide bonds. The molecule has 6 heteroatoms. The second-order valence-electron chi connectivity index (χ2n) is 4.14. The molecule has 1 aromatic heterocycles. The van der Waals surface area contributed by atoms with Crippen LogP contribution in [0.25, 0.3) is 0 Å². The van der Waals surface area contributed by atoms with Gasteiger partial charge in [0.15, 0.2) is 5.82 Å². The monoisotopic (exact) mass is 223 g/mol. The van der Waals surface area contributed by atoms with Gasteiger partial charge in [-0.1, -0.05) is 18.1 Å². The molecule has 2 rings (SSSR count). The van der Waals surface area contributed by atoms with Crippen molar-refractivity contribution in [1.82, 2.24) is 19.9 Å². The van der Waals surface area contributed by atoms with Crippen LogP contribution in [0.1, 0.15) is 25.7 Å². The van der Waals surface area contributed by atoms with Crippen LogP contribution in [0.15, 0.2) is 6.20 Å². The van der Waals surface area contributed by atoms with Crippen LogP contribution in [0.4, 0.5) is 5.82 Å². The molecular formula is C10H17N5O. The molecule has 6 nitrogen and oxygen atoms in total. The van der Waals surface area contributed by atoms with Gasteiger partial charge in [0.1, 0.15) is 6.54 Å². The molecule has 2 heterocycles. The van der Waals surface area contributed by atoms with Gasteiger partial charge in [-0.3, -0.25) is 4.79 Å². The number of nitrogens with zero attached hydrogens (tertiary/aromatic N) is 4. The summed E-state index contributed by atoms with van der Waals surface area (Å²) in [5, 5.41) is 7.42. The van der Waals surface area contributed by atoms with Crippen molar-refractivity contribution >= 4 is 11.7 Å². The normalized spacial score (nSPS) is 17.1. The molecule has 88 valence electrons. The van der Waals surface area contributed by atoms with Crippen molar-refractivity contribution < 1.29 is 4.79 Å². The molecule has 1 saturated heterocycles. The van der Waals surface area contributed by atoms with Crippen molar-refractivity contribution in [3.05, 3.63) is 6.20 Å². The summed E-state index contributed by atoms with van der Waals surface area (Å²) < 4.78 is 1.49. The largest absolute Gasteiger partial charge is 0.381 e. The SMILES string of the molecule is Nc1cn(CC(=O)N2CCCCCC2)nn1. The smallest absolute Gasteiger partial charge is 0.244 e. The van der Waals surface area contributed by atoms with Gasteiger partial charge in [0.2, 0.25) is 5.91 Å². The summed E-state index contributed by atoms with van der Waals surface area (Å²) in [6.07, 6.45) is 6.23. The number of carbonyl (C=O) groups excluding carboxylic acids is 1. The Hall–Kier alpha value is -1.59. The molecule has 1 aliphatic heterocycles. The van der Waals surface area contributed by atoms with E-state index in [0.717, 1.165) is 25.9 Å². The van der Waals surface area contributed by atoms with Crippen LogP contribution in [-0.4, -0.2) is 38.9 Å². The Balaban J connectivity index is 1.91. The van der Waals surface area contributed by atoms with Gasteiger partial charge in [-0.2, -0.15) is 0 Å². The van der Waals surface area contributed by atoms with E-state index in [1.54, 1.807) is 6.20 Å². The molecule has 1 fully saturated rings. The maximum Gasteiger partial charge on any atom is 0.244 e. The minimum Gasteiger partial charge on any atom is -0.381 e. The van der Waals surface area contributed by atoms with E-state index in [1.807, 2.05) is 4.90 Å². The topological polar surface area (TPSA) is 77.0 Å². The Morgan fingerprint density at radius 3 is 2.56 bits per heavy atom. The van der Waals surface area contributed by atoms with Gasteiger partial charge in [-0.15, -0.1) is 5.10 Å². The number of carbonyl (C=O) groups is 1. The molecule has 2 N–H and O–H groups in total. The van der Waals surface area contributed by atoms with E-state index in [0.29, 0.717) is 5.82 Å². The fraction of sp³-hybridized carbons (Fsp3) is 0.700. The lowest BCUT2D eigenvalue weighted by molar-refractivity contribution is -0.132. The molecule has 1 aliphatic rings. The highest BCUT2D eigenvalue weighted by atomic mass is 16.2. The summed E-state index contributed by atoms with van der Waals surface area (Å²) in [6, 6.07) is 0. The van der Waals surface area contributed by atoms with E-state index in [1.165, 1.54) is 17.5 Å². The number of nitrogens with two attached hydrogens (primary N) is 1. The number of amides is 1. The van der Waals surface area contributed by atoms with Crippen molar-refractivity contribution in [3.8, 4) is 0 Å².